The number of hydrogen-bond donors (Lipinski definition) is 7. The third-order valence-corrected chi connectivity index (χ3v) is 10.4. The number of urea groups is 1. The first-order valence-electron chi connectivity index (χ1n) is 19.0. The third kappa shape index (κ3) is 9.85. The van der Waals surface area contributed by atoms with Gasteiger partial charge in [0.05, 0.1) is 35.6 Å². The smallest absolute Gasteiger partial charge is 0.312 e. The van der Waals surface area contributed by atoms with Crippen molar-refractivity contribution in [3.8, 4) is 0 Å². The molecule has 1 aliphatic carbocycles. The van der Waals surface area contributed by atoms with Gasteiger partial charge in [0.1, 0.15) is 11.9 Å². The van der Waals surface area contributed by atoms with Gasteiger partial charge in [-0.1, -0.05) is 32.9 Å². The lowest BCUT2D eigenvalue weighted by atomic mass is 9.92. The number of rotatable bonds is 16. The Hall–Kier alpha value is -5.35. The zero-order chi connectivity index (χ0) is 39.9. The molecule has 1 aromatic carbocycles. The average molecular weight is 759 g/mol. The van der Waals surface area contributed by atoms with Gasteiger partial charge in [-0.2, -0.15) is 0 Å². The van der Waals surface area contributed by atoms with Crippen molar-refractivity contribution in [2.75, 3.05) is 38.1 Å². The fraction of sp³-hybridized carbons (Fsp3) is 0.513. The lowest BCUT2D eigenvalue weighted by molar-refractivity contribution is -0.138. The normalized spacial score (nSPS) is 16.7. The molecule has 16 heteroatoms. The molecule has 2 aliphatic heterocycles. The van der Waals surface area contributed by atoms with Gasteiger partial charge in [0.25, 0.3) is 0 Å². The fourth-order valence-electron chi connectivity index (χ4n) is 7.01. The highest BCUT2D eigenvalue weighted by Gasteiger charge is 2.51. The highest BCUT2D eigenvalue weighted by atomic mass is 16.3. The summed E-state index contributed by atoms with van der Waals surface area (Å²) in [5.41, 5.74) is 21.4. The number of pyridine rings is 1. The second-order valence-electron chi connectivity index (χ2n) is 14.9. The standard InChI is InChI=1S/C39H54N10O6/c1-4-13-48(15-16-50)35(52)25-17-24-7-8-27(20-31(24)46-32(40)19-25)39(10-11-39)37(54)45-28-18-26-22-49(14-9-29(26)44-21-28)36(53)30(6-5-12-43-38(42)55)47-34(51)33(41)23(2)3/h7-8,17-18,20-21,23,30,33,50H,4-6,9-16,19,22,41H2,1-3H3,(H2,40,46)(H,45,54)(H,47,51)(H3,42,43,55). The molecule has 0 spiro atoms. The Morgan fingerprint density at radius 3 is 2.55 bits per heavy atom. The number of hydrogen-bond acceptors (Lipinski definition) is 10. The van der Waals surface area contributed by atoms with E-state index in [2.05, 4.69) is 25.9 Å². The van der Waals surface area contributed by atoms with E-state index >= 15 is 0 Å². The zero-order valence-corrected chi connectivity index (χ0v) is 31.9. The number of anilines is 1. The second kappa shape index (κ2) is 17.9. The molecule has 0 radical (unpaired) electrons. The summed E-state index contributed by atoms with van der Waals surface area (Å²) in [6, 6.07) is 5.12. The molecule has 55 heavy (non-hydrogen) atoms. The number of nitrogens with zero attached hydrogens (tertiary/aromatic N) is 4. The first-order chi connectivity index (χ1) is 26.3. The van der Waals surface area contributed by atoms with Crippen LogP contribution in [0.2, 0.25) is 0 Å². The van der Waals surface area contributed by atoms with E-state index in [0.717, 1.165) is 23.2 Å². The number of aromatic nitrogens is 1. The van der Waals surface area contributed by atoms with Gasteiger partial charge >= 0.3 is 6.03 Å². The monoisotopic (exact) mass is 758 g/mol. The van der Waals surface area contributed by atoms with E-state index in [0.29, 0.717) is 61.3 Å². The summed E-state index contributed by atoms with van der Waals surface area (Å²) >= 11 is 0. The van der Waals surface area contributed by atoms with Crippen molar-refractivity contribution in [3.05, 3.63) is 58.4 Å². The zero-order valence-electron chi connectivity index (χ0n) is 31.9. The molecular weight excluding hydrogens is 704 g/mol. The number of aliphatic hydroxyl groups excluding tert-OH is 1. The van der Waals surface area contributed by atoms with Crippen LogP contribution in [-0.2, 0) is 37.6 Å². The van der Waals surface area contributed by atoms with Crippen molar-refractivity contribution in [1.29, 1.82) is 0 Å². The molecule has 5 rings (SSSR count). The molecule has 296 valence electrons. The van der Waals surface area contributed by atoms with Crippen LogP contribution >= 0.6 is 0 Å². The minimum atomic E-state index is -0.857. The number of fused-ring (bicyclic) bond motifs is 2. The van der Waals surface area contributed by atoms with Crippen molar-refractivity contribution < 1.29 is 29.1 Å². The summed E-state index contributed by atoms with van der Waals surface area (Å²) in [6.45, 7) is 7.11. The van der Waals surface area contributed by atoms with Crippen LogP contribution in [0, 0.1) is 5.92 Å². The van der Waals surface area contributed by atoms with E-state index in [-0.39, 0.29) is 68.6 Å². The van der Waals surface area contributed by atoms with Gasteiger partial charge in [-0.15, -0.1) is 0 Å². The predicted molar refractivity (Wildman–Crippen MR) is 209 cm³/mol. The van der Waals surface area contributed by atoms with Crippen LogP contribution in [0.1, 0.15) is 81.7 Å². The maximum atomic E-state index is 13.9. The first kappa shape index (κ1) is 40.8. The summed E-state index contributed by atoms with van der Waals surface area (Å²) in [5.74, 6) is -0.933. The van der Waals surface area contributed by atoms with Crippen molar-refractivity contribution in [2.45, 2.75) is 89.8 Å². The van der Waals surface area contributed by atoms with Gasteiger partial charge in [-0.25, -0.2) is 9.79 Å². The van der Waals surface area contributed by atoms with E-state index in [9.17, 15) is 29.1 Å². The van der Waals surface area contributed by atoms with Crippen molar-refractivity contribution in [1.82, 2.24) is 25.4 Å². The van der Waals surface area contributed by atoms with Crippen molar-refractivity contribution in [2.24, 2.45) is 28.1 Å². The van der Waals surface area contributed by atoms with Gasteiger partial charge in [-0.05, 0) is 67.4 Å². The fourth-order valence-corrected chi connectivity index (χ4v) is 7.01. The number of primary amides is 1. The quantitative estimate of drug-likeness (QED) is 0.123. The Morgan fingerprint density at radius 1 is 1.11 bits per heavy atom. The number of amidine groups is 1. The van der Waals surface area contributed by atoms with Crippen LogP contribution in [-0.4, -0.2) is 100 Å². The first-order valence-corrected chi connectivity index (χ1v) is 19.0. The molecule has 2 atom stereocenters. The van der Waals surface area contributed by atoms with Gasteiger partial charge in [0.15, 0.2) is 0 Å². The molecule has 1 saturated carbocycles. The van der Waals surface area contributed by atoms with Crippen LogP contribution in [0.25, 0.3) is 6.08 Å². The van der Waals surface area contributed by atoms with E-state index < -0.39 is 29.4 Å². The predicted octanol–water partition coefficient (Wildman–Crippen LogP) is 1.56. The molecule has 0 saturated heterocycles. The highest BCUT2D eigenvalue weighted by Crippen LogP contribution is 2.50. The molecule has 1 aromatic heterocycles. The van der Waals surface area contributed by atoms with Crippen LogP contribution in [0.4, 0.5) is 16.2 Å². The summed E-state index contributed by atoms with van der Waals surface area (Å²) in [7, 11) is 0. The molecule has 6 amide bonds. The summed E-state index contributed by atoms with van der Waals surface area (Å²) in [4.78, 5) is 77.6. The molecule has 10 N–H and O–H groups in total. The van der Waals surface area contributed by atoms with Crippen LogP contribution in [0.3, 0.4) is 0 Å². The largest absolute Gasteiger partial charge is 0.395 e. The number of carbonyl (C=O) groups is 5. The Kier molecular flexibility index (Phi) is 13.3. The number of nitrogens with two attached hydrogens (primary N) is 3. The van der Waals surface area contributed by atoms with Crippen molar-refractivity contribution >= 4 is 52.9 Å². The Morgan fingerprint density at radius 2 is 1.87 bits per heavy atom. The van der Waals surface area contributed by atoms with E-state index in [1.165, 1.54) is 0 Å². The van der Waals surface area contributed by atoms with Gasteiger partial charge in [-0.3, -0.25) is 24.2 Å². The molecule has 3 heterocycles. The number of carbonyl (C=O) groups excluding carboxylic acids is 5. The van der Waals surface area contributed by atoms with Crippen LogP contribution in [0.15, 0.2) is 41.0 Å². The third-order valence-electron chi connectivity index (χ3n) is 10.4. The van der Waals surface area contributed by atoms with Crippen molar-refractivity contribution in [3.63, 3.8) is 0 Å². The summed E-state index contributed by atoms with van der Waals surface area (Å²) in [5, 5.41) is 17.9. The molecule has 3 aliphatic rings. The minimum Gasteiger partial charge on any atom is -0.395 e. The Balaban J connectivity index is 1.29. The number of aliphatic imine (C=N–C) groups is 1. The van der Waals surface area contributed by atoms with Crippen LogP contribution in [0.5, 0.6) is 0 Å². The van der Waals surface area contributed by atoms with E-state index in [4.69, 9.17) is 17.2 Å². The number of benzene rings is 1. The molecule has 2 aromatic rings. The molecule has 16 nitrogen and oxygen atoms in total. The SMILES string of the molecule is CCCN(CCO)C(=O)C1=Cc2ccc(C3(C(=O)Nc4cnc5c(c4)CN(C(=O)C(CCCNC(N)=O)NC(=O)C(N)C(C)C)CC5)CC3)cc2N=C(N)C1. The maximum Gasteiger partial charge on any atom is 0.312 e. The van der Waals surface area contributed by atoms with Gasteiger partial charge in [0, 0.05) is 62.4 Å². The lowest BCUT2D eigenvalue weighted by Gasteiger charge is -2.32. The number of amides is 6. The molecule has 1 fully saturated rings. The van der Waals surface area contributed by atoms with Crippen LogP contribution < -0.4 is 33.2 Å². The van der Waals surface area contributed by atoms with Gasteiger partial charge in [0.2, 0.25) is 23.6 Å². The highest BCUT2D eigenvalue weighted by molar-refractivity contribution is 6.06. The summed E-state index contributed by atoms with van der Waals surface area (Å²) in [6.07, 6.45) is 6.77. The topological polar surface area (TPSA) is 251 Å². The Bertz CT molecular complexity index is 1850. The van der Waals surface area contributed by atoms with E-state index in [1.807, 2.05) is 45.0 Å². The summed E-state index contributed by atoms with van der Waals surface area (Å²) < 4.78 is 0. The number of aliphatic hydroxyl groups is 1. The molecule has 2 unspecified atom stereocenters. The molecule has 0 bridgehead atoms. The molecular formula is C39H54N10O6. The minimum absolute atomic E-state index is 0.129. The van der Waals surface area contributed by atoms with Gasteiger partial charge < -0.3 is 48.1 Å². The lowest BCUT2D eigenvalue weighted by Crippen LogP contribution is -2.54. The average Bonchev–Trinajstić information content (AvgIpc) is 3.99. The van der Waals surface area contributed by atoms with E-state index in [1.54, 1.807) is 22.1 Å². The Labute approximate surface area is 321 Å². The second-order valence-corrected chi connectivity index (χ2v) is 14.9. The number of nitrogens with one attached hydrogen (secondary N) is 3. The maximum absolute atomic E-state index is 13.9.